The standard InChI is InChI=1S/C14H20N4/c1-3-9-18-10-8-17-14(18)11-13(15-2)12-6-4-5-7-16-12/h4-8,10,13,15H,3,9,11H2,1-2H3. The van der Waals surface area contributed by atoms with Crippen molar-refractivity contribution < 1.29 is 0 Å². The van der Waals surface area contributed by atoms with Crippen molar-refractivity contribution >= 4 is 0 Å². The van der Waals surface area contributed by atoms with Crippen molar-refractivity contribution in [3.8, 4) is 0 Å². The highest BCUT2D eigenvalue weighted by molar-refractivity contribution is 5.11. The number of imidazole rings is 1. The predicted molar refractivity (Wildman–Crippen MR) is 72.3 cm³/mol. The minimum absolute atomic E-state index is 0.212. The maximum atomic E-state index is 4.44. The summed E-state index contributed by atoms with van der Waals surface area (Å²) in [6.07, 6.45) is 7.73. The van der Waals surface area contributed by atoms with Gasteiger partial charge in [0.1, 0.15) is 5.82 Å². The SMILES string of the molecule is CCCn1ccnc1CC(NC)c1ccccn1. The van der Waals surface area contributed by atoms with Gasteiger partial charge in [-0.2, -0.15) is 0 Å². The first-order valence-electron chi connectivity index (χ1n) is 6.43. The number of nitrogens with one attached hydrogen (secondary N) is 1. The van der Waals surface area contributed by atoms with Gasteiger partial charge in [0.2, 0.25) is 0 Å². The van der Waals surface area contributed by atoms with E-state index in [1.807, 2.05) is 43.8 Å². The fourth-order valence-electron chi connectivity index (χ4n) is 2.09. The fourth-order valence-corrected chi connectivity index (χ4v) is 2.09. The van der Waals surface area contributed by atoms with E-state index in [9.17, 15) is 0 Å². The average molecular weight is 244 g/mol. The summed E-state index contributed by atoms with van der Waals surface area (Å²) in [4.78, 5) is 8.85. The highest BCUT2D eigenvalue weighted by Gasteiger charge is 2.14. The Morgan fingerprint density at radius 2 is 2.17 bits per heavy atom. The summed E-state index contributed by atoms with van der Waals surface area (Å²) >= 11 is 0. The molecule has 2 aromatic rings. The Bertz CT molecular complexity index is 464. The largest absolute Gasteiger partial charge is 0.335 e. The molecule has 1 unspecified atom stereocenters. The van der Waals surface area contributed by atoms with Crippen molar-refractivity contribution in [3.05, 3.63) is 48.3 Å². The zero-order valence-corrected chi connectivity index (χ0v) is 11.0. The van der Waals surface area contributed by atoms with Crippen molar-refractivity contribution in [3.63, 3.8) is 0 Å². The van der Waals surface area contributed by atoms with E-state index >= 15 is 0 Å². The Balaban J connectivity index is 2.13. The van der Waals surface area contributed by atoms with Crippen LogP contribution in [0, 0.1) is 0 Å². The van der Waals surface area contributed by atoms with Crippen molar-refractivity contribution in [1.29, 1.82) is 0 Å². The van der Waals surface area contributed by atoms with E-state index in [2.05, 4.69) is 26.8 Å². The minimum atomic E-state index is 0.212. The Morgan fingerprint density at radius 1 is 1.28 bits per heavy atom. The van der Waals surface area contributed by atoms with Gasteiger partial charge in [-0.3, -0.25) is 4.98 Å². The maximum absolute atomic E-state index is 4.44. The van der Waals surface area contributed by atoms with Crippen LogP contribution in [0.5, 0.6) is 0 Å². The van der Waals surface area contributed by atoms with Gasteiger partial charge in [0.15, 0.2) is 0 Å². The molecule has 0 aliphatic carbocycles. The molecule has 18 heavy (non-hydrogen) atoms. The van der Waals surface area contributed by atoms with Gasteiger partial charge in [0.05, 0.1) is 11.7 Å². The van der Waals surface area contributed by atoms with Crippen LogP contribution in [0.15, 0.2) is 36.8 Å². The molecule has 0 bridgehead atoms. The highest BCUT2D eigenvalue weighted by Crippen LogP contribution is 2.15. The quantitative estimate of drug-likeness (QED) is 0.847. The van der Waals surface area contributed by atoms with Crippen LogP contribution >= 0.6 is 0 Å². The second-order valence-electron chi connectivity index (χ2n) is 4.34. The molecule has 0 amide bonds. The van der Waals surface area contributed by atoms with Crippen LogP contribution in [-0.4, -0.2) is 21.6 Å². The van der Waals surface area contributed by atoms with E-state index in [0.717, 1.165) is 30.9 Å². The first-order valence-corrected chi connectivity index (χ1v) is 6.43. The minimum Gasteiger partial charge on any atom is -0.335 e. The Hall–Kier alpha value is -1.68. The summed E-state index contributed by atoms with van der Waals surface area (Å²) in [5.41, 5.74) is 1.06. The van der Waals surface area contributed by atoms with Gasteiger partial charge in [0, 0.05) is 31.6 Å². The molecule has 0 radical (unpaired) electrons. The summed E-state index contributed by atoms with van der Waals surface area (Å²) in [7, 11) is 1.96. The summed E-state index contributed by atoms with van der Waals surface area (Å²) in [5.74, 6) is 1.11. The van der Waals surface area contributed by atoms with Crippen molar-refractivity contribution in [1.82, 2.24) is 19.9 Å². The van der Waals surface area contributed by atoms with Crippen LogP contribution in [0.2, 0.25) is 0 Å². The normalized spacial score (nSPS) is 12.6. The van der Waals surface area contributed by atoms with E-state index in [-0.39, 0.29) is 6.04 Å². The van der Waals surface area contributed by atoms with Crippen molar-refractivity contribution in [2.45, 2.75) is 32.4 Å². The summed E-state index contributed by atoms with van der Waals surface area (Å²) in [6, 6.07) is 6.22. The molecule has 4 nitrogen and oxygen atoms in total. The molecule has 2 heterocycles. The number of hydrogen-bond donors (Lipinski definition) is 1. The van der Waals surface area contributed by atoms with E-state index in [4.69, 9.17) is 0 Å². The lowest BCUT2D eigenvalue weighted by Gasteiger charge is -2.16. The molecule has 4 heteroatoms. The Morgan fingerprint density at radius 3 is 2.83 bits per heavy atom. The van der Waals surface area contributed by atoms with Gasteiger partial charge in [-0.25, -0.2) is 4.98 Å². The summed E-state index contributed by atoms with van der Waals surface area (Å²) in [6.45, 7) is 3.20. The van der Waals surface area contributed by atoms with Crippen molar-refractivity contribution in [2.75, 3.05) is 7.05 Å². The van der Waals surface area contributed by atoms with Crippen LogP contribution in [0.1, 0.15) is 30.9 Å². The highest BCUT2D eigenvalue weighted by atomic mass is 15.1. The number of aryl methyl sites for hydroxylation is 1. The molecule has 0 spiro atoms. The monoisotopic (exact) mass is 244 g/mol. The first kappa shape index (κ1) is 12.8. The lowest BCUT2D eigenvalue weighted by atomic mass is 10.1. The molecule has 1 N–H and O–H groups in total. The molecule has 0 saturated carbocycles. The molecule has 0 aliphatic heterocycles. The number of hydrogen-bond acceptors (Lipinski definition) is 3. The van der Waals surface area contributed by atoms with Gasteiger partial charge in [0.25, 0.3) is 0 Å². The molecule has 0 fully saturated rings. The molecule has 0 aliphatic rings. The number of likely N-dealkylation sites (N-methyl/N-ethyl adjacent to an activating group) is 1. The number of rotatable bonds is 6. The van der Waals surface area contributed by atoms with E-state index in [0.29, 0.717) is 0 Å². The molecule has 96 valence electrons. The zero-order valence-electron chi connectivity index (χ0n) is 11.0. The number of pyridine rings is 1. The van der Waals surface area contributed by atoms with Gasteiger partial charge >= 0.3 is 0 Å². The Kier molecular flexibility index (Phi) is 4.47. The molecular formula is C14H20N4. The second-order valence-corrected chi connectivity index (χ2v) is 4.34. The van der Waals surface area contributed by atoms with Crippen LogP contribution in [-0.2, 0) is 13.0 Å². The van der Waals surface area contributed by atoms with Gasteiger partial charge in [-0.05, 0) is 25.6 Å². The van der Waals surface area contributed by atoms with Crippen LogP contribution in [0.3, 0.4) is 0 Å². The van der Waals surface area contributed by atoms with Crippen LogP contribution in [0.4, 0.5) is 0 Å². The lowest BCUT2D eigenvalue weighted by molar-refractivity contribution is 0.533. The predicted octanol–water partition coefficient (Wildman–Crippen LogP) is 2.19. The third kappa shape index (κ3) is 2.96. The topological polar surface area (TPSA) is 42.7 Å². The maximum Gasteiger partial charge on any atom is 0.110 e. The van der Waals surface area contributed by atoms with Crippen LogP contribution in [0.25, 0.3) is 0 Å². The summed E-state index contributed by atoms with van der Waals surface area (Å²) < 4.78 is 2.22. The molecule has 0 aromatic carbocycles. The summed E-state index contributed by atoms with van der Waals surface area (Å²) in [5, 5.41) is 3.31. The molecule has 0 saturated heterocycles. The third-order valence-corrected chi connectivity index (χ3v) is 3.05. The molecule has 2 aromatic heterocycles. The number of aromatic nitrogens is 3. The van der Waals surface area contributed by atoms with Crippen LogP contribution < -0.4 is 5.32 Å². The van der Waals surface area contributed by atoms with Crippen molar-refractivity contribution in [2.24, 2.45) is 0 Å². The smallest absolute Gasteiger partial charge is 0.110 e. The zero-order chi connectivity index (χ0) is 12.8. The van der Waals surface area contributed by atoms with Gasteiger partial charge in [-0.1, -0.05) is 13.0 Å². The van der Waals surface area contributed by atoms with E-state index < -0.39 is 0 Å². The number of nitrogens with zero attached hydrogens (tertiary/aromatic N) is 3. The van der Waals surface area contributed by atoms with E-state index in [1.54, 1.807) is 0 Å². The van der Waals surface area contributed by atoms with E-state index in [1.165, 1.54) is 0 Å². The second kappa shape index (κ2) is 6.31. The molecule has 1 atom stereocenters. The molecular weight excluding hydrogens is 224 g/mol. The Labute approximate surface area is 108 Å². The van der Waals surface area contributed by atoms with Gasteiger partial charge < -0.3 is 9.88 Å². The van der Waals surface area contributed by atoms with Gasteiger partial charge in [-0.15, -0.1) is 0 Å². The first-order chi connectivity index (χ1) is 8.85. The lowest BCUT2D eigenvalue weighted by Crippen LogP contribution is -2.21. The fraction of sp³-hybridized carbons (Fsp3) is 0.429. The average Bonchev–Trinajstić information content (AvgIpc) is 2.85. The molecule has 2 rings (SSSR count). The third-order valence-electron chi connectivity index (χ3n) is 3.05.